The molecule has 0 spiro atoms. The Morgan fingerprint density at radius 2 is 1.00 bits per heavy atom. The second-order valence-corrected chi connectivity index (χ2v) is 6.59. The maximum Gasteiger partial charge on any atom is 0.452 e. The smallest absolute Gasteiger partial charge is 0.452 e. The molecule has 0 aromatic rings. The van der Waals surface area contributed by atoms with E-state index in [2.05, 4.69) is 22.2 Å². The van der Waals surface area contributed by atoms with Crippen molar-refractivity contribution in [1.82, 2.24) is 0 Å². The molecule has 4 atom stereocenters. The summed E-state index contributed by atoms with van der Waals surface area (Å²) in [4.78, 5) is 60.7. The summed E-state index contributed by atoms with van der Waals surface area (Å²) in [6.45, 7) is 0. The van der Waals surface area contributed by atoms with Gasteiger partial charge in [0.2, 0.25) is 11.6 Å². The normalized spacial score (nSPS) is 17.2. The zero-order chi connectivity index (χ0) is 29.4. The van der Waals surface area contributed by atoms with Gasteiger partial charge < -0.3 is 22.3 Å². The number of carbonyl (C=O) groups excluding carboxylic acids is 4. The van der Waals surface area contributed by atoms with E-state index in [-0.39, 0.29) is 0 Å². The van der Waals surface area contributed by atoms with Gasteiger partial charge in [-0.3, -0.25) is 19.2 Å². The Labute approximate surface area is 188 Å². The molecule has 0 rings (SSSR count). The third-order valence-electron chi connectivity index (χ3n) is 4.16. The van der Waals surface area contributed by atoms with Crippen LogP contribution in [0.4, 0.5) is 52.7 Å². The van der Waals surface area contributed by atoms with E-state index in [1.165, 1.54) is 0 Å². The van der Waals surface area contributed by atoms with Crippen molar-refractivity contribution >= 4 is 35.1 Å². The average Bonchev–Trinajstić information content (AvgIpc) is 2.64. The summed E-state index contributed by atoms with van der Waals surface area (Å²) in [6.07, 6.45) is -26.6. The van der Waals surface area contributed by atoms with E-state index in [0.717, 1.165) is 0 Å². The van der Waals surface area contributed by atoms with Crippen LogP contribution in [-0.4, -0.2) is 76.5 Å². The molecule has 10 nitrogen and oxygen atoms in total. The molecule has 22 heteroatoms. The molecular weight excluding hydrogens is 548 g/mol. The molecule has 3 unspecified atom stereocenters. The molecular formula is C14H10F12N4O6. The lowest BCUT2D eigenvalue weighted by molar-refractivity contribution is -0.201. The van der Waals surface area contributed by atoms with Gasteiger partial charge in [-0.1, -0.05) is 0 Å². The van der Waals surface area contributed by atoms with Crippen LogP contribution in [0.1, 0.15) is 0 Å². The Morgan fingerprint density at radius 3 is 1.25 bits per heavy atom. The maximum absolute atomic E-state index is 13.2. The molecule has 0 saturated heterocycles. The molecule has 0 aliphatic carbocycles. The number of ketones is 4. The number of guanidine groups is 1. The lowest BCUT2D eigenvalue weighted by atomic mass is 9.66. The number of alkyl halides is 12. The van der Waals surface area contributed by atoms with Gasteiger partial charge in [0.05, 0.1) is 11.8 Å². The molecule has 0 radical (unpaired) electrons. The van der Waals surface area contributed by atoms with E-state index in [4.69, 9.17) is 5.11 Å². The van der Waals surface area contributed by atoms with E-state index >= 15 is 0 Å². The lowest BCUT2D eigenvalue weighted by Crippen LogP contribution is -2.71. The van der Waals surface area contributed by atoms with Gasteiger partial charge in [0.15, 0.2) is 11.5 Å². The fourth-order valence-electron chi connectivity index (χ4n) is 2.73. The van der Waals surface area contributed by atoms with Crippen LogP contribution in [0, 0.1) is 11.8 Å². The largest absolute Gasteiger partial charge is 0.480 e. The predicted octanol–water partition coefficient (Wildman–Crippen LogP) is 0.169. The van der Waals surface area contributed by atoms with E-state index < -0.39 is 83.2 Å². The summed E-state index contributed by atoms with van der Waals surface area (Å²) in [5.74, 6) is -31.4. The fourth-order valence-corrected chi connectivity index (χ4v) is 2.73. The Morgan fingerprint density at radius 1 is 0.639 bits per heavy atom. The molecule has 0 saturated carbocycles. The Balaban J connectivity index is 8.07. The average molecular weight is 558 g/mol. The van der Waals surface area contributed by atoms with Crippen LogP contribution in [0.3, 0.4) is 0 Å². The number of Topliss-reactive ketones (excluding diaryl/α,β-unsaturated/α-hetero) is 4. The SMILES string of the molecule is NC(N)=NC(C(=O)C(F)(F)F)C(C(=O)C(F)(F)F)C(C(=O)C(F)(F)F)[C@](N)(C(=O)O)C(=O)C(F)(F)F. The van der Waals surface area contributed by atoms with Gasteiger partial charge in [-0.2, -0.15) is 52.7 Å². The first-order valence-corrected chi connectivity index (χ1v) is 8.18. The highest BCUT2D eigenvalue weighted by Crippen LogP contribution is 2.42. The number of hydrogen-bond donors (Lipinski definition) is 4. The van der Waals surface area contributed by atoms with Gasteiger partial charge in [0.1, 0.15) is 6.04 Å². The molecule has 0 heterocycles. The number of halogens is 12. The van der Waals surface area contributed by atoms with Crippen molar-refractivity contribution in [2.45, 2.75) is 36.3 Å². The van der Waals surface area contributed by atoms with Crippen LogP contribution < -0.4 is 17.2 Å². The van der Waals surface area contributed by atoms with Crippen LogP contribution in [0.15, 0.2) is 4.99 Å². The summed E-state index contributed by atoms with van der Waals surface area (Å²) in [5, 5.41) is 9.00. The monoisotopic (exact) mass is 558 g/mol. The number of hydrogen-bond acceptors (Lipinski definition) is 7. The van der Waals surface area contributed by atoms with E-state index in [0.29, 0.717) is 0 Å². The summed E-state index contributed by atoms with van der Waals surface area (Å²) < 4.78 is 157. The van der Waals surface area contributed by atoms with Crippen molar-refractivity contribution < 1.29 is 81.8 Å². The predicted molar refractivity (Wildman–Crippen MR) is 85.4 cm³/mol. The van der Waals surface area contributed by atoms with Gasteiger partial charge in [-0.25, -0.2) is 9.79 Å². The number of carboxylic acids is 1. The lowest BCUT2D eigenvalue weighted by Gasteiger charge is -2.38. The summed E-state index contributed by atoms with van der Waals surface area (Å²) in [5.41, 5.74) is 8.18. The van der Waals surface area contributed by atoms with Crippen molar-refractivity contribution in [3.63, 3.8) is 0 Å². The van der Waals surface area contributed by atoms with Crippen molar-refractivity contribution in [2.75, 3.05) is 0 Å². The first-order valence-electron chi connectivity index (χ1n) is 8.18. The summed E-state index contributed by atoms with van der Waals surface area (Å²) in [6, 6.07) is -4.37. The highest BCUT2D eigenvalue weighted by Gasteiger charge is 2.70. The number of carboxylic acid groups (broad SMARTS) is 1. The number of nitrogens with zero attached hydrogens (tertiary/aromatic N) is 1. The minimum absolute atomic E-state index is 1.91. The Kier molecular flexibility index (Phi) is 8.94. The first-order chi connectivity index (χ1) is 15.6. The summed E-state index contributed by atoms with van der Waals surface area (Å²) in [7, 11) is 0. The van der Waals surface area contributed by atoms with Crippen molar-refractivity contribution in [2.24, 2.45) is 34.0 Å². The molecule has 0 aromatic carbocycles. The number of aliphatic carboxylic acids is 1. The Hall–Kier alpha value is -3.46. The highest BCUT2D eigenvalue weighted by molar-refractivity contribution is 6.16. The summed E-state index contributed by atoms with van der Waals surface area (Å²) >= 11 is 0. The van der Waals surface area contributed by atoms with Crippen LogP contribution in [-0.2, 0) is 24.0 Å². The van der Waals surface area contributed by atoms with Crippen molar-refractivity contribution in [3.05, 3.63) is 0 Å². The number of nitrogens with two attached hydrogens (primary N) is 3. The molecule has 0 aliphatic heterocycles. The van der Waals surface area contributed by atoms with Gasteiger partial charge in [-0.05, 0) is 0 Å². The van der Waals surface area contributed by atoms with Gasteiger partial charge in [-0.15, -0.1) is 0 Å². The van der Waals surface area contributed by atoms with Gasteiger partial charge in [0, 0.05) is 0 Å². The maximum atomic E-state index is 13.2. The molecule has 0 fully saturated rings. The van der Waals surface area contributed by atoms with E-state index in [1.54, 1.807) is 0 Å². The number of carbonyl (C=O) groups is 5. The molecule has 0 amide bonds. The van der Waals surface area contributed by atoms with Crippen LogP contribution >= 0.6 is 0 Å². The fraction of sp³-hybridized carbons (Fsp3) is 0.571. The zero-order valence-electron chi connectivity index (χ0n) is 16.4. The molecule has 0 aliphatic rings. The van der Waals surface area contributed by atoms with Crippen LogP contribution in [0.25, 0.3) is 0 Å². The zero-order valence-corrected chi connectivity index (χ0v) is 16.4. The van der Waals surface area contributed by atoms with Crippen molar-refractivity contribution in [1.29, 1.82) is 0 Å². The minimum atomic E-state index is -6.76. The molecule has 7 N–H and O–H groups in total. The van der Waals surface area contributed by atoms with Gasteiger partial charge in [0.25, 0.3) is 11.6 Å². The third-order valence-corrected chi connectivity index (χ3v) is 4.16. The second kappa shape index (κ2) is 9.89. The quantitative estimate of drug-likeness (QED) is 0.132. The molecule has 206 valence electrons. The molecule has 0 aromatic heterocycles. The van der Waals surface area contributed by atoms with Crippen LogP contribution in [0.5, 0.6) is 0 Å². The van der Waals surface area contributed by atoms with E-state index in [1.807, 2.05) is 0 Å². The van der Waals surface area contributed by atoms with Crippen molar-refractivity contribution in [3.8, 4) is 0 Å². The standard InChI is InChI=1S/C14H10F12N4O6/c15-11(16,17)4(31)1(3(30-9(27)28)6(33)13(21,22)23)2(5(32)12(18,19)20)10(29,8(35)36)7(34)14(24,25)26/h1-3H,29H2,(H,35,36)(H4,27,28,30)/t1?,2?,3?,10-/m1/s1. The molecule has 0 bridgehead atoms. The number of aliphatic imine (C=N–C) groups is 1. The Bertz CT molecular complexity index is 963. The topological polar surface area (TPSA) is 196 Å². The van der Waals surface area contributed by atoms with E-state index in [9.17, 15) is 76.7 Å². The second-order valence-electron chi connectivity index (χ2n) is 6.59. The molecule has 36 heavy (non-hydrogen) atoms. The minimum Gasteiger partial charge on any atom is -0.480 e. The van der Waals surface area contributed by atoms with Gasteiger partial charge >= 0.3 is 30.7 Å². The van der Waals surface area contributed by atoms with Crippen LogP contribution in [0.2, 0.25) is 0 Å². The highest BCUT2D eigenvalue weighted by atomic mass is 19.4. The first kappa shape index (κ1) is 32.5. The number of rotatable bonds is 9. The third kappa shape index (κ3) is 6.81.